The number of nitrogens with zero attached hydrogens (tertiary/aromatic N) is 2. The molecular formula is C20H18N2O2. The summed E-state index contributed by atoms with van der Waals surface area (Å²) in [6.45, 7) is 2.16. The van der Waals surface area contributed by atoms with Crippen molar-refractivity contribution >= 4 is 17.5 Å². The molecule has 2 aromatic carbocycles. The number of aryl methyl sites for hydroxylation is 1. The standard InChI is InChI=1S/C20H18N2O2/c1-14-10-11-15-6-2-5-9-18(15)21(14)12-13-22-19(23)16-7-3-4-8-17(16)20(22)24/h2-9,12-14H,10-11H2,1H3/b13-12+. The van der Waals surface area contributed by atoms with E-state index >= 15 is 0 Å². The second kappa shape index (κ2) is 5.64. The predicted molar refractivity (Wildman–Crippen MR) is 92.8 cm³/mol. The highest BCUT2D eigenvalue weighted by molar-refractivity contribution is 6.22. The third kappa shape index (κ3) is 2.22. The summed E-state index contributed by atoms with van der Waals surface area (Å²) in [7, 11) is 0. The van der Waals surface area contributed by atoms with Crippen LogP contribution in [0.5, 0.6) is 0 Å². The van der Waals surface area contributed by atoms with Gasteiger partial charge in [0.25, 0.3) is 11.8 Å². The quantitative estimate of drug-likeness (QED) is 0.795. The average molecular weight is 318 g/mol. The summed E-state index contributed by atoms with van der Waals surface area (Å²) >= 11 is 0. The first-order valence-corrected chi connectivity index (χ1v) is 8.18. The van der Waals surface area contributed by atoms with Crippen LogP contribution < -0.4 is 4.90 Å². The number of carbonyl (C=O) groups is 2. The van der Waals surface area contributed by atoms with Crippen molar-refractivity contribution in [2.24, 2.45) is 0 Å². The van der Waals surface area contributed by atoms with Gasteiger partial charge in [-0.1, -0.05) is 30.3 Å². The molecule has 2 aliphatic heterocycles. The zero-order valence-electron chi connectivity index (χ0n) is 13.5. The number of benzene rings is 2. The number of amides is 2. The normalized spacial score (nSPS) is 19.8. The molecule has 0 N–H and O–H groups in total. The molecule has 4 rings (SSSR count). The van der Waals surface area contributed by atoms with Crippen LogP contribution in [0.15, 0.2) is 60.9 Å². The van der Waals surface area contributed by atoms with Gasteiger partial charge in [-0.3, -0.25) is 9.59 Å². The minimum absolute atomic E-state index is 0.259. The van der Waals surface area contributed by atoms with Crippen LogP contribution in [0, 0.1) is 0 Å². The highest BCUT2D eigenvalue weighted by Crippen LogP contribution is 2.31. The van der Waals surface area contributed by atoms with Gasteiger partial charge in [0.2, 0.25) is 0 Å². The third-order valence-electron chi connectivity index (χ3n) is 4.78. The van der Waals surface area contributed by atoms with Gasteiger partial charge >= 0.3 is 0 Å². The second-order valence-corrected chi connectivity index (χ2v) is 6.25. The Morgan fingerprint density at radius 3 is 2.25 bits per heavy atom. The van der Waals surface area contributed by atoms with Crippen molar-refractivity contribution < 1.29 is 9.59 Å². The van der Waals surface area contributed by atoms with Gasteiger partial charge in [0, 0.05) is 24.1 Å². The molecule has 4 nitrogen and oxygen atoms in total. The van der Waals surface area contributed by atoms with E-state index in [1.165, 1.54) is 10.5 Å². The Balaban J connectivity index is 1.65. The molecule has 1 unspecified atom stereocenters. The molecule has 0 saturated carbocycles. The molecule has 0 spiro atoms. The van der Waals surface area contributed by atoms with Crippen molar-refractivity contribution in [3.63, 3.8) is 0 Å². The molecule has 0 saturated heterocycles. The minimum atomic E-state index is -0.259. The van der Waals surface area contributed by atoms with Crippen LogP contribution in [-0.4, -0.2) is 22.8 Å². The maximum absolute atomic E-state index is 12.4. The molecule has 0 aromatic heterocycles. The maximum Gasteiger partial charge on any atom is 0.265 e. The Kier molecular flexibility index (Phi) is 3.45. The van der Waals surface area contributed by atoms with Crippen molar-refractivity contribution in [1.82, 2.24) is 4.90 Å². The lowest BCUT2D eigenvalue weighted by Gasteiger charge is -2.34. The Hall–Kier alpha value is -2.88. The molecule has 0 radical (unpaired) electrons. The van der Waals surface area contributed by atoms with Crippen LogP contribution in [0.1, 0.15) is 39.6 Å². The van der Waals surface area contributed by atoms with E-state index in [4.69, 9.17) is 0 Å². The number of fused-ring (bicyclic) bond motifs is 2. The highest BCUT2D eigenvalue weighted by atomic mass is 16.2. The smallest absolute Gasteiger partial charge is 0.265 e. The zero-order chi connectivity index (χ0) is 16.7. The number of hydrogen-bond donors (Lipinski definition) is 0. The van der Waals surface area contributed by atoms with E-state index in [0.717, 1.165) is 18.5 Å². The summed E-state index contributed by atoms with van der Waals surface area (Å²) in [5.74, 6) is -0.519. The number of imide groups is 1. The molecule has 0 fully saturated rings. The first-order chi connectivity index (χ1) is 11.7. The van der Waals surface area contributed by atoms with Gasteiger partial charge in [-0.2, -0.15) is 0 Å². The fourth-order valence-corrected chi connectivity index (χ4v) is 3.42. The van der Waals surface area contributed by atoms with Gasteiger partial charge in [0.15, 0.2) is 0 Å². The fourth-order valence-electron chi connectivity index (χ4n) is 3.42. The number of rotatable bonds is 2. The van der Waals surface area contributed by atoms with Gasteiger partial charge < -0.3 is 4.90 Å². The Morgan fingerprint density at radius 1 is 0.917 bits per heavy atom. The predicted octanol–water partition coefficient (Wildman–Crippen LogP) is 3.60. The Labute approximate surface area is 141 Å². The van der Waals surface area contributed by atoms with E-state index in [1.54, 1.807) is 30.5 Å². The summed E-state index contributed by atoms with van der Waals surface area (Å²) in [6, 6.07) is 15.5. The van der Waals surface area contributed by atoms with Gasteiger partial charge in [0.1, 0.15) is 0 Å². The summed E-state index contributed by atoms with van der Waals surface area (Å²) in [6.07, 6.45) is 5.55. The minimum Gasteiger partial charge on any atom is -0.343 e. The largest absolute Gasteiger partial charge is 0.343 e. The van der Waals surface area contributed by atoms with E-state index in [-0.39, 0.29) is 11.8 Å². The fraction of sp³-hybridized carbons (Fsp3) is 0.200. The molecule has 2 aromatic rings. The van der Waals surface area contributed by atoms with Gasteiger partial charge in [-0.05, 0) is 43.5 Å². The summed E-state index contributed by atoms with van der Waals surface area (Å²) in [5, 5.41) is 0. The van der Waals surface area contributed by atoms with E-state index in [1.807, 2.05) is 18.3 Å². The molecule has 2 heterocycles. The molecule has 2 aliphatic rings. The van der Waals surface area contributed by atoms with Crippen LogP contribution in [0.3, 0.4) is 0 Å². The van der Waals surface area contributed by atoms with Crippen molar-refractivity contribution in [2.45, 2.75) is 25.8 Å². The van der Waals surface area contributed by atoms with Crippen LogP contribution in [0.4, 0.5) is 5.69 Å². The Bertz CT molecular complexity index is 821. The first kappa shape index (κ1) is 14.7. The van der Waals surface area contributed by atoms with Crippen LogP contribution in [0.25, 0.3) is 0 Å². The third-order valence-corrected chi connectivity index (χ3v) is 4.78. The van der Waals surface area contributed by atoms with Gasteiger partial charge in [-0.25, -0.2) is 4.90 Å². The average Bonchev–Trinajstić information content (AvgIpc) is 2.86. The number of carbonyl (C=O) groups excluding carboxylic acids is 2. The first-order valence-electron chi connectivity index (χ1n) is 8.18. The van der Waals surface area contributed by atoms with Crippen molar-refractivity contribution in [3.05, 3.63) is 77.6 Å². The van der Waals surface area contributed by atoms with E-state index in [2.05, 4.69) is 24.0 Å². The molecule has 1 atom stereocenters. The molecule has 4 heteroatoms. The molecule has 0 bridgehead atoms. The van der Waals surface area contributed by atoms with Crippen molar-refractivity contribution in [2.75, 3.05) is 4.90 Å². The summed E-state index contributed by atoms with van der Waals surface area (Å²) < 4.78 is 0. The monoisotopic (exact) mass is 318 g/mol. The lowest BCUT2D eigenvalue weighted by molar-refractivity contribution is 0.0721. The summed E-state index contributed by atoms with van der Waals surface area (Å²) in [5.41, 5.74) is 3.38. The summed E-state index contributed by atoms with van der Waals surface area (Å²) in [4.78, 5) is 28.2. The van der Waals surface area contributed by atoms with Crippen LogP contribution in [0.2, 0.25) is 0 Å². The molecule has 2 amide bonds. The molecule has 0 aliphatic carbocycles. The van der Waals surface area contributed by atoms with Gasteiger partial charge in [-0.15, -0.1) is 0 Å². The number of hydrogen-bond acceptors (Lipinski definition) is 3. The van der Waals surface area contributed by atoms with E-state index in [0.29, 0.717) is 17.2 Å². The highest BCUT2D eigenvalue weighted by Gasteiger charge is 2.34. The van der Waals surface area contributed by atoms with Crippen molar-refractivity contribution in [3.8, 4) is 0 Å². The number of anilines is 1. The lowest BCUT2D eigenvalue weighted by Crippen LogP contribution is -2.34. The van der Waals surface area contributed by atoms with Crippen LogP contribution >= 0.6 is 0 Å². The molecular weight excluding hydrogens is 300 g/mol. The van der Waals surface area contributed by atoms with E-state index < -0.39 is 0 Å². The van der Waals surface area contributed by atoms with Crippen molar-refractivity contribution in [1.29, 1.82) is 0 Å². The van der Waals surface area contributed by atoms with E-state index in [9.17, 15) is 9.59 Å². The Morgan fingerprint density at radius 2 is 1.54 bits per heavy atom. The van der Waals surface area contributed by atoms with Crippen LogP contribution in [-0.2, 0) is 6.42 Å². The second-order valence-electron chi connectivity index (χ2n) is 6.25. The SMILES string of the molecule is CC1CCc2ccccc2N1/C=C/N1C(=O)c2ccccc2C1=O. The van der Waals surface area contributed by atoms with Gasteiger partial charge in [0.05, 0.1) is 11.1 Å². The lowest BCUT2D eigenvalue weighted by atomic mass is 9.97. The molecule has 24 heavy (non-hydrogen) atoms. The zero-order valence-corrected chi connectivity index (χ0v) is 13.5. The topological polar surface area (TPSA) is 40.6 Å². The molecule has 120 valence electrons. The maximum atomic E-state index is 12.4. The number of para-hydroxylation sites is 1.